The molecule has 2 atom stereocenters. The van der Waals surface area contributed by atoms with Crippen molar-refractivity contribution in [1.82, 2.24) is 5.32 Å². The van der Waals surface area contributed by atoms with Crippen LogP contribution in [-0.2, 0) is 4.74 Å². The van der Waals surface area contributed by atoms with Gasteiger partial charge in [0.1, 0.15) is 0 Å². The Hall–Kier alpha value is -1.00. The quantitative estimate of drug-likeness (QED) is 0.884. The molecule has 0 bridgehead atoms. The van der Waals surface area contributed by atoms with Gasteiger partial charge in [-0.1, -0.05) is 18.2 Å². The van der Waals surface area contributed by atoms with Crippen LogP contribution in [0.25, 0.3) is 0 Å². The van der Waals surface area contributed by atoms with Crippen molar-refractivity contribution in [3.05, 3.63) is 35.4 Å². The Balaban J connectivity index is 2.12. The highest BCUT2D eigenvalue weighted by molar-refractivity contribution is 5.27. The van der Waals surface area contributed by atoms with E-state index >= 15 is 0 Å². The van der Waals surface area contributed by atoms with E-state index in [1.807, 2.05) is 6.07 Å². The lowest BCUT2D eigenvalue weighted by atomic mass is 9.88. The number of ether oxygens (including phenoxy) is 1. The predicted octanol–water partition coefficient (Wildman–Crippen LogP) is 4.48. The van der Waals surface area contributed by atoms with Crippen LogP contribution in [0.5, 0.6) is 0 Å². The second-order valence-electron chi connectivity index (χ2n) is 6.80. The number of halogens is 2. The van der Waals surface area contributed by atoms with E-state index in [-0.39, 0.29) is 17.2 Å². The van der Waals surface area contributed by atoms with Crippen LogP contribution in [0.1, 0.15) is 57.3 Å². The van der Waals surface area contributed by atoms with Crippen molar-refractivity contribution in [3.8, 4) is 0 Å². The van der Waals surface area contributed by atoms with Crippen LogP contribution in [0.3, 0.4) is 0 Å². The Kier molecular flexibility index (Phi) is 5.33. The summed E-state index contributed by atoms with van der Waals surface area (Å²) >= 11 is 0. The van der Waals surface area contributed by atoms with Crippen molar-refractivity contribution < 1.29 is 13.5 Å². The summed E-state index contributed by atoms with van der Waals surface area (Å²) in [7, 11) is 0. The van der Waals surface area contributed by atoms with Gasteiger partial charge in [0, 0.05) is 30.2 Å². The topological polar surface area (TPSA) is 21.3 Å². The highest BCUT2D eigenvalue weighted by Crippen LogP contribution is 2.35. The molecule has 4 heteroatoms. The number of hydrogen-bond acceptors (Lipinski definition) is 2. The Morgan fingerprint density at radius 3 is 2.76 bits per heavy atom. The third-order valence-corrected chi connectivity index (χ3v) is 3.83. The fourth-order valence-corrected chi connectivity index (χ4v) is 2.73. The third-order valence-electron chi connectivity index (χ3n) is 3.83. The monoisotopic (exact) mass is 297 g/mol. The summed E-state index contributed by atoms with van der Waals surface area (Å²) in [6, 6.07) is 6.65. The highest BCUT2D eigenvalue weighted by Gasteiger charge is 2.28. The lowest BCUT2D eigenvalue weighted by Crippen LogP contribution is -2.41. The zero-order chi connectivity index (χ0) is 15.5. The lowest BCUT2D eigenvalue weighted by Gasteiger charge is -2.34. The van der Waals surface area contributed by atoms with E-state index in [4.69, 9.17) is 4.74 Å². The SMILES string of the molecule is CC(C)(C)NCC1CCCOC1c1cccc(C(F)F)c1. The van der Waals surface area contributed by atoms with Gasteiger partial charge >= 0.3 is 0 Å². The lowest BCUT2D eigenvalue weighted by molar-refractivity contribution is -0.0294. The predicted molar refractivity (Wildman–Crippen MR) is 80.6 cm³/mol. The highest BCUT2D eigenvalue weighted by atomic mass is 19.3. The average molecular weight is 297 g/mol. The zero-order valence-corrected chi connectivity index (χ0v) is 13.0. The molecule has 1 heterocycles. The molecule has 0 amide bonds. The van der Waals surface area contributed by atoms with Crippen LogP contribution in [0.15, 0.2) is 24.3 Å². The van der Waals surface area contributed by atoms with E-state index in [1.165, 1.54) is 6.07 Å². The maximum atomic E-state index is 12.9. The molecule has 1 aliphatic rings. The number of benzene rings is 1. The molecule has 1 aromatic rings. The number of hydrogen-bond donors (Lipinski definition) is 1. The normalized spacial score (nSPS) is 23.5. The number of alkyl halides is 2. The van der Waals surface area contributed by atoms with E-state index in [0.29, 0.717) is 12.5 Å². The van der Waals surface area contributed by atoms with Crippen LogP contribution in [0.4, 0.5) is 8.78 Å². The van der Waals surface area contributed by atoms with Crippen molar-refractivity contribution in [3.63, 3.8) is 0 Å². The van der Waals surface area contributed by atoms with Crippen molar-refractivity contribution in [1.29, 1.82) is 0 Å². The molecule has 2 nitrogen and oxygen atoms in total. The Morgan fingerprint density at radius 1 is 1.33 bits per heavy atom. The van der Waals surface area contributed by atoms with Gasteiger partial charge in [-0.25, -0.2) is 8.78 Å². The van der Waals surface area contributed by atoms with E-state index in [9.17, 15) is 8.78 Å². The minimum atomic E-state index is -2.43. The van der Waals surface area contributed by atoms with Crippen molar-refractivity contribution in [2.24, 2.45) is 5.92 Å². The van der Waals surface area contributed by atoms with E-state index < -0.39 is 6.43 Å². The smallest absolute Gasteiger partial charge is 0.263 e. The summed E-state index contributed by atoms with van der Waals surface area (Å²) < 4.78 is 31.6. The van der Waals surface area contributed by atoms with E-state index in [2.05, 4.69) is 26.1 Å². The fraction of sp³-hybridized carbons (Fsp3) is 0.647. The summed E-state index contributed by atoms with van der Waals surface area (Å²) in [6.45, 7) is 7.93. The molecule has 1 aromatic carbocycles. The standard InChI is InChI=1S/C17H25F2NO/c1-17(2,3)20-11-14-8-5-9-21-15(14)12-6-4-7-13(10-12)16(18)19/h4,6-7,10,14-16,20H,5,8-9,11H2,1-3H3. The molecule has 1 aliphatic heterocycles. The first-order chi connectivity index (χ1) is 9.87. The van der Waals surface area contributed by atoms with Crippen LogP contribution >= 0.6 is 0 Å². The van der Waals surface area contributed by atoms with Gasteiger partial charge in [0.15, 0.2) is 0 Å². The summed E-state index contributed by atoms with van der Waals surface area (Å²) in [5.41, 5.74) is 0.990. The van der Waals surface area contributed by atoms with E-state index in [1.54, 1.807) is 12.1 Å². The molecule has 0 aliphatic carbocycles. The minimum absolute atomic E-state index is 0.0484. The second-order valence-corrected chi connectivity index (χ2v) is 6.80. The Labute approximate surface area is 125 Å². The maximum absolute atomic E-state index is 12.9. The van der Waals surface area contributed by atoms with Crippen LogP contribution < -0.4 is 5.32 Å². The molecule has 1 saturated heterocycles. The van der Waals surface area contributed by atoms with Gasteiger partial charge in [0.2, 0.25) is 0 Å². The second kappa shape index (κ2) is 6.84. The van der Waals surface area contributed by atoms with Gasteiger partial charge in [-0.2, -0.15) is 0 Å². The summed E-state index contributed by atoms with van der Waals surface area (Å²) in [4.78, 5) is 0. The molecule has 118 valence electrons. The third kappa shape index (κ3) is 4.75. The number of nitrogens with one attached hydrogen (secondary N) is 1. The minimum Gasteiger partial charge on any atom is -0.373 e. The molecule has 0 spiro atoms. The Bertz CT molecular complexity index is 456. The van der Waals surface area contributed by atoms with Gasteiger partial charge in [0.25, 0.3) is 6.43 Å². The van der Waals surface area contributed by atoms with Gasteiger partial charge in [0.05, 0.1) is 6.10 Å². The molecule has 1 fully saturated rings. The van der Waals surface area contributed by atoms with Gasteiger partial charge in [-0.3, -0.25) is 0 Å². The first-order valence-electron chi connectivity index (χ1n) is 7.61. The first-order valence-corrected chi connectivity index (χ1v) is 7.61. The summed E-state index contributed by atoms with van der Waals surface area (Å²) in [6.07, 6.45) is -0.430. The van der Waals surface area contributed by atoms with Crippen molar-refractivity contribution >= 4 is 0 Å². The van der Waals surface area contributed by atoms with Crippen LogP contribution in [-0.4, -0.2) is 18.7 Å². The Morgan fingerprint density at radius 2 is 2.10 bits per heavy atom. The number of rotatable bonds is 4. The first kappa shape index (κ1) is 16.4. The van der Waals surface area contributed by atoms with Gasteiger partial charge < -0.3 is 10.1 Å². The van der Waals surface area contributed by atoms with Gasteiger partial charge in [-0.15, -0.1) is 0 Å². The fourth-order valence-electron chi connectivity index (χ4n) is 2.73. The summed E-state index contributed by atoms with van der Waals surface area (Å²) in [5.74, 6) is 0.325. The zero-order valence-electron chi connectivity index (χ0n) is 13.0. The molecule has 0 aromatic heterocycles. The van der Waals surface area contributed by atoms with E-state index in [0.717, 1.165) is 24.9 Å². The molecular formula is C17H25F2NO. The largest absolute Gasteiger partial charge is 0.373 e. The molecule has 21 heavy (non-hydrogen) atoms. The summed E-state index contributed by atoms with van der Waals surface area (Å²) in [5, 5.41) is 3.50. The molecule has 0 saturated carbocycles. The molecular weight excluding hydrogens is 272 g/mol. The van der Waals surface area contributed by atoms with Crippen LogP contribution in [0, 0.1) is 5.92 Å². The molecule has 0 radical (unpaired) electrons. The maximum Gasteiger partial charge on any atom is 0.263 e. The molecule has 1 N–H and O–H groups in total. The molecule has 2 unspecified atom stereocenters. The van der Waals surface area contributed by atoms with Crippen molar-refractivity contribution in [2.45, 2.75) is 51.7 Å². The van der Waals surface area contributed by atoms with Crippen molar-refractivity contribution in [2.75, 3.05) is 13.2 Å². The average Bonchev–Trinajstić information content (AvgIpc) is 2.45. The van der Waals surface area contributed by atoms with Crippen LogP contribution in [0.2, 0.25) is 0 Å². The van der Waals surface area contributed by atoms with Gasteiger partial charge in [-0.05, 0) is 45.2 Å². The molecule has 2 rings (SSSR count).